The fraction of sp³-hybridized carbons (Fsp3) is 0.222. The van der Waals surface area contributed by atoms with Crippen molar-refractivity contribution >= 4 is 5.97 Å². The van der Waals surface area contributed by atoms with E-state index < -0.39 is 5.92 Å². The Labute approximate surface area is 129 Å². The zero-order valence-electron chi connectivity index (χ0n) is 12.6. The van der Waals surface area contributed by atoms with Crippen LogP contribution >= 0.6 is 0 Å². The summed E-state index contributed by atoms with van der Waals surface area (Å²) in [7, 11) is 1.60. The molecule has 4 heteroatoms. The molecule has 0 saturated carbocycles. The Morgan fingerprint density at radius 1 is 1.18 bits per heavy atom. The van der Waals surface area contributed by atoms with E-state index in [1.54, 1.807) is 32.2 Å². The molecule has 0 spiro atoms. The molecule has 2 aromatic rings. The third kappa shape index (κ3) is 3.44. The minimum atomic E-state index is -0.444. The van der Waals surface area contributed by atoms with Crippen LogP contribution in [0, 0.1) is 11.3 Å². The molecule has 0 N–H and O–H groups in total. The van der Waals surface area contributed by atoms with Crippen LogP contribution in [0.1, 0.15) is 34.3 Å². The number of ether oxygens (including phenoxy) is 2. The lowest BCUT2D eigenvalue weighted by Gasteiger charge is -2.12. The van der Waals surface area contributed by atoms with E-state index in [0.29, 0.717) is 12.2 Å². The highest BCUT2D eigenvalue weighted by atomic mass is 16.5. The third-order valence-corrected chi connectivity index (χ3v) is 3.31. The van der Waals surface area contributed by atoms with Crippen molar-refractivity contribution in [3.63, 3.8) is 0 Å². The van der Waals surface area contributed by atoms with Crippen molar-refractivity contribution in [3.8, 4) is 11.8 Å². The third-order valence-electron chi connectivity index (χ3n) is 3.31. The maximum atomic E-state index is 11.8. The Balaban J connectivity index is 2.33. The summed E-state index contributed by atoms with van der Waals surface area (Å²) in [5, 5.41) is 9.49. The SMILES string of the molecule is CCOC(=O)c1cccc(C(C#N)c2ccc(OC)cc2)c1. The molecule has 0 aromatic heterocycles. The molecule has 0 saturated heterocycles. The Morgan fingerprint density at radius 2 is 1.91 bits per heavy atom. The molecule has 0 amide bonds. The molecule has 1 unspecified atom stereocenters. The summed E-state index contributed by atoms with van der Waals surface area (Å²) >= 11 is 0. The van der Waals surface area contributed by atoms with Gasteiger partial charge in [0.15, 0.2) is 0 Å². The van der Waals surface area contributed by atoms with Crippen LogP contribution in [0.2, 0.25) is 0 Å². The highest BCUT2D eigenvalue weighted by Gasteiger charge is 2.16. The number of methoxy groups -OCH3 is 1. The molecule has 2 aromatic carbocycles. The summed E-state index contributed by atoms with van der Waals surface area (Å²) in [6, 6.07) is 16.6. The van der Waals surface area contributed by atoms with Gasteiger partial charge in [-0.3, -0.25) is 0 Å². The standard InChI is InChI=1S/C18H17NO3/c1-3-22-18(20)15-6-4-5-14(11-15)17(12-19)13-7-9-16(21-2)10-8-13/h4-11,17H,3H2,1-2H3. The molecule has 4 nitrogen and oxygen atoms in total. The summed E-state index contributed by atoms with van der Waals surface area (Å²) in [6.07, 6.45) is 0. The number of carbonyl (C=O) groups excluding carboxylic acids is 1. The number of carbonyl (C=O) groups is 1. The van der Waals surface area contributed by atoms with Crippen LogP contribution < -0.4 is 4.74 Å². The Morgan fingerprint density at radius 3 is 2.50 bits per heavy atom. The normalized spacial score (nSPS) is 11.3. The van der Waals surface area contributed by atoms with Gasteiger partial charge in [-0.15, -0.1) is 0 Å². The summed E-state index contributed by atoms with van der Waals surface area (Å²) in [5.74, 6) is -0.0863. The highest BCUT2D eigenvalue weighted by molar-refractivity contribution is 5.89. The predicted octanol–water partition coefficient (Wildman–Crippen LogP) is 3.53. The van der Waals surface area contributed by atoms with Crippen LogP contribution in [0.15, 0.2) is 48.5 Å². The van der Waals surface area contributed by atoms with Crippen LogP contribution in [0.5, 0.6) is 5.75 Å². The Hall–Kier alpha value is -2.80. The van der Waals surface area contributed by atoms with E-state index in [1.807, 2.05) is 30.3 Å². The van der Waals surface area contributed by atoms with Gasteiger partial charge in [0.05, 0.1) is 31.3 Å². The minimum Gasteiger partial charge on any atom is -0.497 e. The second-order valence-corrected chi connectivity index (χ2v) is 4.68. The first-order valence-electron chi connectivity index (χ1n) is 7.00. The molecule has 2 rings (SSSR count). The van der Waals surface area contributed by atoms with Gasteiger partial charge in [0, 0.05) is 0 Å². The van der Waals surface area contributed by atoms with Crippen LogP contribution in [-0.2, 0) is 4.74 Å². The maximum absolute atomic E-state index is 11.8. The molecular weight excluding hydrogens is 278 g/mol. The first-order valence-corrected chi connectivity index (χ1v) is 7.00. The zero-order valence-corrected chi connectivity index (χ0v) is 12.6. The average Bonchev–Trinajstić information content (AvgIpc) is 2.57. The monoisotopic (exact) mass is 295 g/mol. The minimum absolute atomic E-state index is 0.323. The number of esters is 1. The molecule has 0 radical (unpaired) electrons. The lowest BCUT2D eigenvalue weighted by atomic mass is 9.91. The molecule has 0 fully saturated rings. The van der Waals surface area contributed by atoms with Gasteiger partial charge in [0.2, 0.25) is 0 Å². The van der Waals surface area contributed by atoms with Crippen LogP contribution in [0.3, 0.4) is 0 Å². The predicted molar refractivity (Wildman–Crippen MR) is 82.8 cm³/mol. The van der Waals surface area contributed by atoms with E-state index in [0.717, 1.165) is 16.9 Å². The zero-order chi connectivity index (χ0) is 15.9. The fourth-order valence-corrected chi connectivity index (χ4v) is 2.20. The second kappa shape index (κ2) is 7.28. The molecule has 0 heterocycles. The summed E-state index contributed by atoms with van der Waals surface area (Å²) in [4.78, 5) is 11.8. The Bertz CT molecular complexity index is 686. The number of benzene rings is 2. The largest absolute Gasteiger partial charge is 0.497 e. The van der Waals surface area contributed by atoms with Gasteiger partial charge in [-0.25, -0.2) is 4.79 Å². The van der Waals surface area contributed by atoms with Gasteiger partial charge in [0.25, 0.3) is 0 Å². The van der Waals surface area contributed by atoms with Gasteiger partial charge >= 0.3 is 5.97 Å². The molecule has 0 aliphatic carbocycles. The lowest BCUT2D eigenvalue weighted by Crippen LogP contribution is -2.06. The van der Waals surface area contributed by atoms with Crippen molar-refractivity contribution < 1.29 is 14.3 Å². The topological polar surface area (TPSA) is 59.3 Å². The van der Waals surface area contributed by atoms with Crippen molar-refractivity contribution in [2.45, 2.75) is 12.8 Å². The second-order valence-electron chi connectivity index (χ2n) is 4.68. The van der Waals surface area contributed by atoms with E-state index in [-0.39, 0.29) is 5.97 Å². The lowest BCUT2D eigenvalue weighted by molar-refractivity contribution is 0.0526. The van der Waals surface area contributed by atoms with Crippen LogP contribution in [0.25, 0.3) is 0 Å². The molecule has 1 atom stereocenters. The smallest absolute Gasteiger partial charge is 0.338 e. The molecule has 0 aliphatic rings. The van der Waals surface area contributed by atoms with E-state index >= 15 is 0 Å². The van der Waals surface area contributed by atoms with E-state index in [4.69, 9.17) is 9.47 Å². The number of rotatable bonds is 5. The Kier molecular flexibility index (Phi) is 5.16. The number of nitriles is 1. The average molecular weight is 295 g/mol. The van der Waals surface area contributed by atoms with Gasteiger partial charge < -0.3 is 9.47 Å². The first kappa shape index (κ1) is 15.6. The van der Waals surface area contributed by atoms with Crippen molar-refractivity contribution in [1.82, 2.24) is 0 Å². The summed E-state index contributed by atoms with van der Waals surface area (Å²) in [5.41, 5.74) is 2.07. The highest BCUT2D eigenvalue weighted by Crippen LogP contribution is 2.26. The number of nitrogens with zero attached hydrogens (tertiary/aromatic N) is 1. The van der Waals surface area contributed by atoms with Crippen molar-refractivity contribution in [3.05, 3.63) is 65.2 Å². The molecule has 0 bridgehead atoms. The molecule has 112 valence electrons. The molecule has 0 aliphatic heterocycles. The summed E-state index contributed by atoms with van der Waals surface area (Å²) < 4.78 is 10.1. The number of hydrogen-bond acceptors (Lipinski definition) is 4. The molecule has 22 heavy (non-hydrogen) atoms. The van der Waals surface area contributed by atoms with Crippen LogP contribution in [-0.4, -0.2) is 19.7 Å². The van der Waals surface area contributed by atoms with Gasteiger partial charge in [-0.05, 0) is 42.3 Å². The molecular formula is C18H17NO3. The van der Waals surface area contributed by atoms with E-state index in [9.17, 15) is 10.1 Å². The van der Waals surface area contributed by atoms with Gasteiger partial charge in [-0.1, -0.05) is 24.3 Å². The van der Waals surface area contributed by atoms with Crippen molar-refractivity contribution in [2.24, 2.45) is 0 Å². The van der Waals surface area contributed by atoms with Crippen LogP contribution in [0.4, 0.5) is 0 Å². The first-order chi connectivity index (χ1) is 10.7. The quantitative estimate of drug-likeness (QED) is 0.792. The number of hydrogen-bond donors (Lipinski definition) is 0. The van der Waals surface area contributed by atoms with Crippen molar-refractivity contribution in [2.75, 3.05) is 13.7 Å². The summed E-state index contributed by atoms with van der Waals surface area (Å²) in [6.45, 7) is 2.08. The fourth-order valence-electron chi connectivity index (χ4n) is 2.20. The van der Waals surface area contributed by atoms with Gasteiger partial charge in [0.1, 0.15) is 5.75 Å². The maximum Gasteiger partial charge on any atom is 0.338 e. The van der Waals surface area contributed by atoms with E-state index in [1.165, 1.54) is 0 Å². The van der Waals surface area contributed by atoms with Crippen molar-refractivity contribution in [1.29, 1.82) is 5.26 Å². The van der Waals surface area contributed by atoms with E-state index in [2.05, 4.69) is 6.07 Å². The van der Waals surface area contributed by atoms with Gasteiger partial charge in [-0.2, -0.15) is 5.26 Å².